The van der Waals surface area contributed by atoms with Crippen molar-refractivity contribution >= 4 is 17.2 Å². The van der Waals surface area contributed by atoms with Gasteiger partial charge in [-0.1, -0.05) is 30.3 Å². The minimum atomic E-state index is -0.312. The molecule has 0 unspecified atom stereocenters. The Morgan fingerprint density at radius 2 is 1.80 bits per heavy atom. The smallest absolute Gasteiger partial charge is 0.277 e. The Bertz CT molecular complexity index is 1340. The summed E-state index contributed by atoms with van der Waals surface area (Å²) in [7, 11) is 0. The molecule has 7 nitrogen and oxygen atoms in total. The number of carbonyl (C=O) groups is 1. The fraction of sp³-hybridized carbons (Fsp3) is 0.0435. The Hall–Kier alpha value is -4.26. The zero-order chi connectivity index (χ0) is 20.5. The van der Waals surface area contributed by atoms with Crippen molar-refractivity contribution < 1.29 is 4.79 Å². The minimum absolute atomic E-state index is 0.249. The van der Waals surface area contributed by atoms with Gasteiger partial charge in [0.2, 0.25) is 0 Å². The van der Waals surface area contributed by atoms with Crippen molar-refractivity contribution in [1.29, 1.82) is 0 Å². The van der Waals surface area contributed by atoms with E-state index >= 15 is 0 Å². The van der Waals surface area contributed by atoms with Crippen LogP contribution in [0.4, 0.5) is 5.69 Å². The monoisotopic (exact) mass is 394 g/mol. The molecule has 0 fully saturated rings. The van der Waals surface area contributed by atoms with Crippen molar-refractivity contribution in [3.63, 3.8) is 0 Å². The van der Waals surface area contributed by atoms with Gasteiger partial charge in [0.05, 0.1) is 17.6 Å². The largest absolute Gasteiger partial charge is 0.321 e. The van der Waals surface area contributed by atoms with Crippen LogP contribution in [-0.4, -0.2) is 30.3 Å². The van der Waals surface area contributed by atoms with Crippen LogP contribution in [0.25, 0.3) is 22.6 Å². The highest BCUT2D eigenvalue weighted by atomic mass is 16.2. The molecule has 146 valence electrons. The SMILES string of the molecule is Cc1ccn2cc(-c3ccc(NC(=O)c4cnn(-c5ccccc5)n4)cc3)nc2c1. The number of carbonyl (C=O) groups excluding carboxylic acids is 1. The molecule has 0 aliphatic carbocycles. The molecule has 0 saturated heterocycles. The number of para-hydroxylation sites is 1. The number of imidazole rings is 1. The number of nitrogens with zero attached hydrogens (tertiary/aromatic N) is 5. The van der Waals surface area contributed by atoms with E-state index in [0.29, 0.717) is 5.69 Å². The molecule has 0 bridgehead atoms. The fourth-order valence-corrected chi connectivity index (χ4v) is 3.20. The lowest BCUT2D eigenvalue weighted by Crippen LogP contribution is -2.13. The molecule has 5 rings (SSSR count). The van der Waals surface area contributed by atoms with Crippen LogP contribution in [0, 0.1) is 6.92 Å². The molecular weight excluding hydrogens is 376 g/mol. The van der Waals surface area contributed by atoms with Gasteiger partial charge in [0.25, 0.3) is 5.91 Å². The highest BCUT2D eigenvalue weighted by Crippen LogP contribution is 2.22. The van der Waals surface area contributed by atoms with Crippen LogP contribution in [0.5, 0.6) is 0 Å². The quantitative estimate of drug-likeness (QED) is 0.497. The lowest BCUT2D eigenvalue weighted by atomic mass is 10.1. The maximum atomic E-state index is 12.5. The van der Waals surface area contributed by atoms with Gasteiger partial charge < -0.3 is 9.72 Å². The predicted octanol–water partition coefficient (Wildman–Crippen LogP) is 4.14. The number of benzene rings is 2. The summed E-state index contributed by atoms with van der Waals surface area (Å²) in [6.45, 7) is 2.05. The van der Waals surface area contributed by atoms with Crippen LogP contribution in [0.15, 0.2) is 85.3 Å². The fourth-order valence-electron chi connectivity index (χ4n) is 3.20. The second-order valence-electron chi connectivity index (χ2n) is 6.98. The van der Waals surface area contributed by atoms with E-state index in [1.165, 1.54) is 16.6 Å². The molecule has 0 aliphatic rings. The number of hydrogen-bond acceptors (Lipinski definition) is 4. The van der Waals surface area contributed by atoms with Gasteiger partial charge in [-0.3, -0.25) is 4.79 Å². The maximum absolute atomic E-state index is 12.5. The van der Waals surface area contributed by atoms with Gasteiger partial charge in [0.1, 0.15) is 5.65 Å². The topological polar surface area (TPSA) is 77.1 Å². The Kier molecular flexibility index (Phi) is 4.33. The number of amides is 1. The number of aromatic nitrogens is 5. The van der Waals surface area contributed by atoms with E-state index in [0.717, 1.165) is 22.6 Å². The molecule has 0 saturated carbocycles. The van der Waals surface area contributed by atoms with Crippen LogP contribution in [-0.2, 0) is 0 Å². The summed E-state index contributed by atoms with van der Waals surface area (Å²) in [6, 6.07) is 21.1. The van der Waals surface area contributed by atoms with Crippen molar-refractivity contribution in [2.45, 2.75) is 6.92 Å². The van der Waals surface area contributed by atoms with Crippen LogP contribution >= 0.6 is 0 Å². The molecule has 0 radical (unpaired) electrons. The van der Waals surface area contributed by atoms with E-state index in [9.17, 15) is 4.79 Å². The van der Waals surface area contributed by atoms with Gasteiger partial charge in [0, 0.05) is 23.6 Å². The molecule has 0 spiro atoms. The third-order valence-electron chi connectivity index (χ3n) is 4.77. The van der Waals surface area contributed by atoms with Crippen molar-refractivity contribution in [3.8, 4) is 16.9 Å². The molecule has 30 heavy (non-hydrogen) atoms. The average Bonchev–Trinajstić information content (AvgIpc) is 3.42. The number of rotatable bonds is 4. The van der Waals surface area contributed by atoms with E-state index in [1.54, 1.807) is 0 Å². The molecule has 5 aromatic rings. The Labute approximate surface area is 172 Å². The number of hydrogen-bond donors (Lipinski definition) is 1. The van der Waals surface area contributed by atoms with Gasteiger partial charge in [-0.15, -0.1) is 5.10 Å². The van der Waals surface area contributed by atoms with Gasteiger partial charge in [-0.05, 0) is 48.9 Å². The zero-order valence-corrected chi connectivity index (χ0v) is 16.2. The first-order valence-electron chi connectivity index (χ1n) is 9.51. The number of aryl methyl sites for hydroxylation is 1. The van der Waals surface area contributed by atoms with E-state index in [2.05, 4.69) is 20.5 Å². The molecule has 2 aromatic carbocycles. The highest BCUT2D eigenvalue weighted by molar-refractivity contribution is 6.02. The lowest BCUT2D eigenvalue weighted by Gasteiger charge is -2.04. The Balaban J connectivity index is 1.32. The average molecular weight is 394 g/mol. The molecular formula is C23H18N6O. The Morgan fingerprint density at radius 3 is 2.60 bits per heavy atom. The van der Waals surface area contributed by atoms with Gasteiger partial charge in [-0.2, -0.15) is 9.90 Å². The molecule has 3 heterocycles. The second kappa shape index (κ2) is 7.29. The number of pyridine rings is 1. The molecule has 1 amide bonds. The Morgan fingerprint density at radius 1 is 1.00 bits per heavy atom. The third kappa shape index (κ3) is 3.44. The maximum Gasteiger partial charge on any atom is 0.277 e. The van der Waals surface area contributed by atoms with Gasteiger partial charge in [0.15, 0.2) is 5.69 Å². The summed E-state index contributed by atoms with van der Waals surface area (Å²) >= 11 is 0. The lowest BCUT2D eigenvalue weighted by molar-refractivity contribution is 0.102. The van der Waals surface area contributed by atoms with Crippen molar-refractivity contribution in [2.75, 3.05) is 5.32 Å². The second-order valence-corrected chi connectivity index (χ2v) is 6.98. The van der Waals surface area contributed by atoms with E-state index in [-0.39, 0.29) is 11.6 Å². The summed E-state index contributed by atoms with van der Waals surface area (Å²) < 4.78 is 1.99. The molecule has 1 N–H and O–H groups in total. The van der Waals surface area contributed by atoms with Crippen LogP contribution in [0.2, 0.25) is 0 Å². The number of anilines is 1. The van der Waals surface area contributed by atoms with E-state index in [4.69, 9.17) is 0 Å². The summed E-state index contributed by atoms with van der Waals surface area (Å²) in [5.74, 6) is -0.312. The van der Waals surface area contributed by atoms with Crippen molar-refractivity contribution in [3.05, 3.63) is 96.6 Å². The van der Waals surface area contributed by atoms with Gasteiger partial charge in [-0.25, -0.2) is 4.98 Å². The van der Waals surface area contributed by atoms with Crippen molar-refractivity contribution in [2.24, 2.45) is 0 Å². The number of fused-ring (bicyclic) bond motifs is 1. The summed E-state index contributed by atoms with van der Waals surface area (Å²) in [5.41, 5.74) is 5.65. The normalized spacial score (nSPS) is 11.0. The van der Waals surface area contributed by atoms with Crippen LogP contribution in [0.3, 0.4) is 0 Å². The number of nitrogens with one attached hydrogen (secondary N) is 1. The minimum Gasteiger partial charge on any atom is -0.321 e. The zero-order valence-electron chi connectivity index (χ0n) is 16.2. The van der Waals surface area contributed by atoms with E-state index in [1.807, 2.05) is 90.4 Å². The van der Waals surface area contributed by atoms with Gasteiger partial charge >= 0.3 is 0 Å². The van der Waals surface area contributed by atoms with E-state index < -0.39 is 0 Å². The molecule has 0 aliphatic heterocycles. The predicted molar refractivity (Wildman–Crippen MR) is 115 cm³/mol. The standard InChI is InChI=1S/C23H18N6O/c1-16-11-12-28-15-21(26-22(28)13-16)17-7-9-18(10-8-17)25-23(30)20-14-24-29(27-20)19-5-3-2-4-6-19/h2-15H,1H3,(H,25,30). The molecule has 0 atom stereocenters. The van der Waals surface area contributed by atoms with Crippen molar-refractivity contribution in [1.82, 2.24) is 24.4 Å². The highest BCUT2D eigenvalue weighted by Gasteiger charge is 2.12. The first-order valence-corrected chi connectivity index (χ1v) is 9.51. The van der Waals surface area contributed by atoms with Crippen LogP contribution in [0.1, 0.15) is 16.1 Å². The molecule has 7 heteroatoms. The molecule has 3 aromatic heterocycles. The van der Waals surface area contributed by atoms with Crippen LogP contribution < -0.4 is 5.32 Å². The summed E-state index contributed by atoms with van der Waals surface area (Å²) in [6.07, 6.45) is 5.44. The summed E-state index contributed by atoms with van der Waals surface area (Å²) in [4.78, 5) is 18.6. The summed E-state index contributed by atoms with van der Waals surface area (Å²) in [5, 5.41) is 11.3. The first kappa shape index (κ1) is 17.8. The first-order chi connectivity index (χ1) is 14.7. The third-order valence-corrected chi connectivity index (χ3v) is 4.77.